The number of aryl methyl sites for hydroxylation is 1. The Morgan fingerprint density at radius 2 is 1.93 bits per heavy atom. The van der Waals surface area contributed by atoms with Gasteiger partial charge in [-0.25, -0.2) is 4.79 Å². The van der Waals surface area contributed by atoms with Crippen LogP contribution in [-0.4, -0.2) is 32.7 Å². The lowest BCUT2D eigenvalue weighted by Gasteiger charge is -2.29. The molecule has 0 bridgehead atoms. The van der Waals surface area contributed by atoms with Gasteiger partial charge in [0.25, 0.3) is 0 Å². The van der Waals surface area contributed by atoms with E-state index in [2.05, 4.69) is 34.8 Å². The number of hydrogen-bond donors (Lipinski definition) is 0. The maximum atomic E-state index is 12.7. The summed E-state index contributed by atoms with van der Waals surface area (Å²) in [7, 11) is 2.07. The first kappa shape index (κ1) is 18.5. The fourth-order valence-corrected chi connectivity index (χ4v) is 4.06. The van der Waals surface area contributed by atoms with E-state index in [9.17, 15) is 4.79 Å². The topological polar surface area (TPSA) is 47.4 Å². The Balaban J connectivity index is 1.76. The number of carbonyl (C=O) groups is 1. The number of ether oxygens (including phenoxy) is 1. The fraction of sp³-hybridized carbons (Fsp3) is 0.391. The van der Waals surface area contributed by atoms with Crippen LogP contribution in [0.25, 0.3) is 22.2 Å². The molecular weight excluding hydrogens is 350 g/mol. The van der Waals surface area contributed by atoms with Crippen molar-refractivity contribution in [1.82, 2.24) is 14.5 Å². The van der Waals surface area contributed by atoms with Gasteiger partial charge >= 0.3 is 6.09 Å². The summed E-state index contributed by atoms with van der Waals surface area (Å²) in [5.41, 5.74) is 3.79. The van der Waals surface area contributed by atoms with Crippen LogP contribution in [0.5, 0.6) is 0 Å². The van der Waals surface area contributed by atoms with Crippen molar-refractivity contribution in [3.8, 4) is 11.3 Å². The molecule has 1 fully saturated rings. The van der Waals surface area contributed by atoms with E-state index in [4.69, 9.17) is 4.74 Å². The third kappa shape index (κ3) is 3.37. The molecule has 0 radical (unpaired) electrons. The zero-order valence-corrected chi connectivity index (χ0v) is 17.0. The van der Waals surface area contributed by atoms with Gasteiger partial charge in [-0.05, 0) is 45.7 Å². The second-order valence-corrected chi connectivity index (χ2v) is 8.42. The lowest BCUT2D eigenvalue weighted by Crippen LogP contribution is -2.36. The second-order valence-electron chi connectivity index (χ2n) is 8.42. The van der Waals surface area contributed by atoms with Crippen molar-refractivity contribution in [1.29, 1.82) is 0 Å². The lowest BCUT2D eigenvalue weighted by molar-refractivity contribution is 0.0220. The summed E-state index contributed by atoms with van der Waals surface area (Å²) < 4.78 is 7.84. The highest BCUT2D eigenvalue weighted by molar-refractivity contribution is 5.93. The average molecular weight is 377 g/mol. The minimum atomic E-state index is -0.493. The quantitative estimate of drug-likeness (QED) is 0.608. The molecular formula is C23H27N3O2. The molecule has 1 unspecified atom stereocenters. The molecule has 3 aromatic rings. The highest BCUT2D eigenvalue weighted by atomic mass is 16.6. The standard InChI is InChI=1S/C23H27N3O2/c1-23(2,3)28-22(27)26-14-8-11-18(26)19-15-17-12-13-24-20(21(17)25(19)4)16-9-6-5-7-10-16/h5-7,9-10,12-13,15,18H,8,11,14H2,1-4H3. The number of hydrogen-bond acceptors (Lipinski definition) is 3. The van der Waals surface area contributed by atoms with E-state index in [0.717, 1.165) is 47.2 Å². The molecule has 28 heavy (non-hydrogen) atoms. The molecule has 1 amide bonds. The predicted molar refractivity (Wildman–Crippen MR) is 111 cm³/mol. The van der Waals surface area contributed by atoms with Gasteiger partial charge in [0.2, 0.25) is 0 Å². The van der Waals surface area contributed by atoms with E-state index in [1.165, 1.54) is 0 Å². The van der Waals surface area contributed by atoms with Crippen LogP contribution in [-0.2, 0) is 11.8 Å². The van der Waals surface area contributed by atoms with Crippen molar-refractivity contribution in [2.24, 2.45) is 7.05 Å². The van der Waals surface area contributed by atoms with Crippen molar-refractivity contribution in [2.75, 3.05) is 6.54 Å². The Morgan fingerprint density at radius 1 is 1.18 bits per heavy atom. The monoisotopic (exact) mass is 377 g/mol. The van der Waals surface area contributed by atoms with E-state index in [-0.39, 0.29) is 12.1 Å². The van der Waals surface area contributed by atoms with E-state index < -0.39 is 5.60 Å². The van der Waals surface area contributed by atoms with Crippen LogP contribution in [0.2, 0.25) is 0 Å². The van der Waals surface area contributed by atoms with Crippen molar-refractivity contribution in [2.45, 2.75) is 45.3 Å². The SMILES string of the molecule is Cn1c(C2CCCN2C(=O)OC(C)(C)C)cc2ccnc(-c3ccccc3)c21. The summed E-state index contributed by atoms with van der Waals surface area (Å²) in [5.74, 6) is 0. The first-order valence-corrected chi connectivity index (χ1v) is 9.84. The molecule has 0 saturated carbocycles. The number of likely N-dealkylation sites (tertiary alicyclic amines) is 1. The largest absolute Gasteiger partial charge is 0.444 e. The predicted octanol–water partition coefficient (Wildman–Crippen LogP) is 5.31. The van der Waals surface area contributed by atoms with Crippen LogP contribution in [0.15, 0.2) is 48.7 Å². The van der Waals surface area contributed by atoms with Gasteiger partial charge in [-0.2, -0.15) is 0 Å². The zero-order valence-electron chi connectivity index (χ0n) is 17.0. The minimum absolute atomic E-state index is 0.0240. The molecule has 3 heterocycles. The van der Waals surface area contributed by atoms with E-state index in [0.29, 0.717) is 0 Å². The Bertz CT molecular complexity index is 1000. The van der Waals surface area contributed by atoms with Gasteiger partial charge in [-0.3, -0.25) is 9.88 Å². The maximum absolute atomic E-state index is 12.7. The van der Waals surface area contributed by atoms with E-state index >= 15 is 0 Å². The summed E-state index contributed by atoms with van der Waals surface area (Å²) in [6, 6.07) is 14.5. The molecule has 4 rings (SSSR count). The lowest BCUT2D eigenvalue weighted by atomic mass is 10.1. The third-order valence-electron chi connectivity index (χ3n) is 5.25. The van der Waals surface area contributed by atoms with Gasteiger partial charge in [0.15, 0.2) is 0 Å². The normalized spacial score (nSPS) is 17.3. The molecule has 0 N–H and O–H groups in total. The highest BCUT2D eigenvalue weighted by Crippen LogP contribution is 2.37. The Hall–Kier alpha value is -2.82. The number of aromatic nitrogens is 2. The third-order valence-corrected chi connectivity index (χ3v) is 5.25. The molecule has 2 aromatic heterocycles. The van der Waals surface area contributed by atoms with Gasteiger partial charge < -0.3 is 9.30 Å². The molecule has 1 atom stereocenters. The first-order valence-electron chi connectivity index (χ1n) is 9.84. The van der Waals surface area contributed by atoms with Crippen molar-refractivity contribution in [3.63, 3.8) is 0 Å². The molecule has 0 aliphatic carbocycles. The fourth-order valence-electron chi connectivity index (χ4n) is 4.06. The van der Waals surface area contributed by atoms with Gasteiger partial charge in [-0.1, -0.05) is 30.3 Å². The second kappa shape index (κ2) is 6.97. The Labute approximate surface area is 165 Å². The van der Waals surface area contributed by atoms with Crippen LogP contribution in [0.4, 0.5) is 4.79 Å². The molecule has 5 heteroatoms. The van der Waals surface area contributed by atoms with Crippen molar-refractivity contribution < 1.29 is 9.53 Å². The molecule has 146 valence electrons. The number of pyridine rings is 1. The molecule has 1 aliphatic rings. The van der Waals surface area contributed by atoms with E-state index in [1.54, 1.807) is 0 Å². The summed E-state index contributed by atoms with van der Waals surface area (Å²) in [6.45, 7) is 6.45. The zero-order chi connectivity index (χ0) is 19.9. The van der Waals surface area contributed by atoms with Gasteiger partial charge in [0, 0.05) is 36.4 Å². The minimum Gasteiger partial charge on any atom is -0.444 e. The van der Waals surface area contributed by atoms with Gasteiger partial charge in [-0.15, -0.1) is 0 Å². The first-order chi connectivity index (χ1) is 13.3. The van der Waals surface area contributed by atoms with Crippen molar-refractivity contribution >= 4 is 17.0 Å². The number of rotatable bonds is 2. The molecule has 1 saturated heterocycles. The summed E-state index contributed by atoms with van der Waals surface area (Å²) in [6.07, 6.45) is 3.54. The smallest absolute Gasteiger partial charge is 0.410 e. The summed E-state index contributed by atoms with van der Waals surface area (Å²) in [4.78, 5) is 19.3. The van der Waals surface area contributed by atoms with Crippen molar-refractivity contribution in [3.05, 3.63) is 54.4 Å². The average Bonchev–Trinajstić information content (AvgIpc) is 3.26. The van der Waals surface area contributed by atoms with Crippen LogP contribution >= 0.6 is 0 Å². The Morgan fingerprint density at radius 3 is 2.64 bits per heavy atom. The number of benzene rings is 1. The molecule has 5 nitrogen and oxygen atoms in total. The molecule has 0 spiro atoms. The summed E-state index contributed by atoms with van der Waals surface area (Å²) >= 11 is 0. The highest BCUT2D eigenvalue weighted by Gasteiger charge is 2.35. The number of amides is 1. The van der Waals surface area contributed by atoms with Crippen LogP contribution in [0, 0.1) is 0 Å². The Kier molecular flexibility index (Phi) is 4.61. The van der Waals surface area contributed by atoms with Gasteiger partial charge in [0.05, 0.1) is 17.3 Å². The number of nitrogens with zero attached hydrogens (tertiary/aromatic N) is 3. The molecule has 1 aliphatic heterocycles. The maximum Gasteiger partial charge on any atom is 0.410 e. The number of fused-ring (bicyclic) bond motifs is 1. The number of carbonyl (C=O) groups excluding carboxylic acids is 1. The van der Waals surface area contributed by atoms with Crippen LogP contribution in [0.1, 0.15) is 45.3 Å². The summed E-state index contributed by atoms with van der Waals surface area (Å²) in [5, 5.41) is 1.14. The van der Waals surface area contributed by atoms with E-state index in [1.807, 2.05) is 56.1 Å². The molecule has 1 aromatic carbocycles. The van der Waals surface area contributed by atoms with Crippen LogP contribution in [0.3, 0.4) is 0 Å². The van der Waals surface area contributed by atoms with Crippen LogP contribution < -0.4 is 0 Å². The van der Waals surface area contributed by atoms with Gasteiger partial charge in [0.1, 0.15) is 5.60 Å².